The fourth-order valence-electron chi connectivity index (χ4n) is 1.72. The van der Waals surface area contributed by atoms with Gasteiger partial charge in [0.15, 0.2) is 6.10 Å². The highest BCUT2D eigenvalue weighted by Crippen LogP contribution is 2.20. The molecule has 7 heteroatoms. The van der Waals surface area contributed by atoms with Crippen molar-refractivity contribution in [2.45, 2.75) is 19.1 Å². The van der Waals surface area contributed by atoms with Gasteiger partial charge in [-0.25, -0.2) is 4.39 Å². The summed E-state index contributed by atoms with van der Waals surface area (Å²) in [6.07, 6.45) is -0.372. The van der Waals surface area contributed by atoms with Crippen LogP contribution in [0.2, 0.25) is 0 Å². The molecule has 1 aromatic carbocycles. The van der Waals surface area contributed by atoms with Crippen molar-refractivity contribution in [3.63, 3.8) is 0 Å². The summed E-state index contributed by atoms with van der Waals surface area (Å²) >= 11 is 0. The summed E-state index contributed by atoms with van der Waals surface area (Å²) in [4.78, 5) is 15.7. The maximum absolute atomic E-state index is 13.1. The summed E-state index contributed by atoms with van der Waals surface area (Å²) in [5.74, 6) is -0.0365. The van der Waals surface area contributed by atoms with E-state index >= 15 is 0 Å². The second-order valence-electron chi connectivity index (χ2n) is 4.52. The average Bonchev–Trinajstić information content (AvgIpc) is 3.16. The quantitative estimate of drug-likeness (QED) is 0.855. The predicted molar refractivity (Wildman–Crippen MR) is 66.0 cm³/mol. The van der Waals surface area contributed by atoms with E-state index in [0.29, 0.717) is 12.2 Å². The monoisotopic (exact) mass is 277 g/mol. The third-order valence-corrected chi connectivity index (χ3v) is 2.88. The number of ether oxygens (including phenoxy) is 1. The Kier molecular flexibility index (Phi) is 3.19. The highest BCUT2D eigenvalue weighted by Gasteiger charge is 2.32. The van der Waals surface area contributed by atoms with Gasteiger partial charge in [0.2, 0.25) is 11.7 Å². The molecular weight excluding hydrogens is 265 g/mol. The molecule has 6 nitrogen and oxygen atoms in total. The van der Waals surface area contributed by atoms with Crippen LogP contribution in [0.1, 0.15) is 18.9 Å². The zero-order valence-electron chi connectivity index (χ0n) is 10.7. The van der Waals surface area contributed by atoms with E-state index in [9.17, 15) is 9.18 Å². The van der Waals surface area contributed by atoms with Gasteiger partial charge >= 0.3 is 0 Å². The first-order valence-corrected chi connectivity index (χ1v) is 6.15. The number of halogens is 1. The number of hydrogen-bond acceptors (Lipinski definition) is 5. The second kappa shape index (κ2) is 5.01. The first-order valence-electron chi connectivity index (χ1n) is 6.15. The van der Waals surface area contributed by atoms with Gasteiger partial charge in [-0.3, -0.25) is 4.79 Å². The third kappa shape index (κ3) is 2.67. The van der Waals surface area contributed by atoms with E-state index in [1.54, 1.807) is 19.1 Å². The lowest BCUT2D eigenvalue weighted by Gasteiger charge is -2.07. The summed E-state index contributed by atoms with van der Waals surface area (Å²) in [5.41, 5.74) is 0.518. The van der Waals surface area contributed by atoms with Gasteiger partial charge in [-0.15, -0.1) is 0 Å². The fourth-order valence-corrected chi connectivity index (χ4v) is 1.72. The number of nitrogens with one attached hydrogen (secondary N) is 1. The molecule has 1 amide bonds. The van der Waals surface area contributed by atoms with Crippen molar-refractivity contribution in [2.75, 3.05) is 6.61 Å². The number of benzene rings is 1. The van der Waals surface area contributed by atoms with E-state index < -0.39 is 6.04 Å². The third-order valence-electron chi connectivity index (χ3n) is 2.88. The lowest BCUT2D eigenvalue weighted by molar-refractivity contribution is -0.123. The SMILES string of the molecule is CC(NC(=O)C1CO1)c1nc(-c2cccc(F)c2)no1. The summed E-state index contributed by atoms with van der Waals surface area (Å²) in [7, 11) is 0. The number of rotatable bonds is 4. The lowest BCUT2D eigenvalue weighted by atomic mass is 10.2. The number of carbonyl (C=O) groups is 1. The van der Waals surface area contributed by atoms with Crippen molar-refractivity contribution in [1.82, 2.24) is 15.5 Å². The van der Waals surface area contributed by atoms with E-state index in [1.165, 1.54) is 12.1 Å². The van der Waals surface area contributed by atoms with Crippen molar-refractivity contribution in [3.05, 3.63) is 36.0 Å². The van der Waals surface area contributed by atoms with E-state index in [-0.39, 0.29) is 29.5 Å². The van der Waals surface area contributed by atoms with E-state index in [0.717, 1.165) is 0 Å². The molecule has 1 fully saturated rings. The maximum atomic E-state index is 13.1. The molecule has 2 heterocycles. The van der Waals surface area contributed by atoms with Crippen LogP contribution in [0, 0.1) is 5.82 Å². The van der Waals surface area contributed by atoms with Gasteiger partial charge in [0.25, 0.3) is 5.91 Å². The molecule has 0 bridgehead atoms. The summed E-state index contributed by atoms with van der Waals surface area (Å²) in [5, 5.41) is 6.48. The number of aromatic nitrogens is 2. The number of nitrogens with zero attached hydrogens (tertiary/aromatic N) is 2. The molecule has 1 aliphatic rings. The van der Waals surface area contributed by atoms with Gasteiger partial charge < -0.3 is 14.6 Å². The van der Waals surface area contributed by atoms with Crippen LogP contribution in [0.25, 0.3) is 11.4 Å². The Labute approximate surface area is 113 Å². The van der Waals surface area contributed by atoms with Crippen molar-refractivity contribution < 1.29 is 18.4 Å². The van der Waals surface area contributed by atoms with E-state index in [1.807, 2.05) is 0 Å². The first kappa shape index (κ1) is 12.7. The molecule has 1 N–H and O–H groups in total. The Morgan fingerprint density at radius 2 is 2.35 bits per heavy atom. The van der Waals surface area contributed by atoms with Crippen molar-refractivity contribution in [2.24, 2.45) is 0 Å². The summed E-state index contributed by atoms with van der Waals surface area (Å²) < 4.78 is 23.1. The van der Waals surface area contributed by atoms with Crippen LogP contribution >= 0.6 is 0 Å². The van der Waals surface area contributed by atoms with Crippen LogP contribution in [0.3, 0.4) is 0 Å². The largest absolute Gasteiger partial charge is 0.363 e. The molecular formula is C13H12FN3O3. The second-order valence-corrected chi connectivity index (χ2v) is 4.52. The normalized spacial score (nSPS) is 18.6. The number of amides is 1. The van der Waals surface area contributed by atoms with Crippen LogP contribution in [0.4, 0.5) is 4.39 Å². The highest BCUT2D eigenvalue weighted by atomic mass is 19.1. The van der Waals surface area contributed by atoms with Gasteiger partial charge in [0.1, 0.15) is 11.9 Å². The molecule has 2 unspecified atom stereocenters. The topological polar surface area (TPSA) is 80.5 Å². The summed E-state index contributed by atoms with van der Waals surface area (Å²) in [6, 6.07) is 5.47. The zero-order chi connectivity index (χ0) is 14.1. The Hall–Kier alpha value is -2.28. The molecule has 0 radical (unpaired) electrons. The minimum Gasteiger partial charge on any atom is -0.363 e. The molecule has 2 aromatic rings. The predicted octanol–water partition coefficient (Wildman–Crippen LogP) is 1.45. The van der Waals surface area contributed by atoms with Crippen LogP contribution in [0.5, 0.6) is 0 Å². The Bertz CT molecular complexity index is 639. The van der Waals surface area contributed by atoms with Gasteiger partial charge in [-0.05, 0) is 19.1 Å². The van der Waals surface area contributed by atoms with E-state index in [4.69, 9.17) is 9.26 Å². The number of epoxide rings is 1. The first-order chi connectivity index (χ1) is 9.63. The molecule has 1 aromatic heterocycles. The number of hydrogen-bond donors (Lipinski definition) is 1. The lowest BCUT2D eigenvalue weighted by Crippen LogP contribution is -2.30. The maximum Gasteiger partial charge on any atom is 0.252 e. The van der Waals surface area contributed by atoms with E-state index in [2.05, 4.69) is 15.5 Å². The fraction of sp³-hybridized carbons (Fsp3) is 0.308. The molecule has 0 aliphatic carbocycles. The van der Waals surface area contributed by atoms with Crippen molar-refractivity contribution in [3.8, 4) is 11.4 Å². The Morgan fingerprint density at radius 3 is 3.05 bits per heavy atom. The van der Waals surface area contributed by atoms with Gasteiger partial charge in [0, 0.05) is 5.56 Å². The average molecular weight is 277 g/mol. The molecule has 2 atom stereocenters. The van der Waals surface area contributed by atoms with Gasteiger partial charge in [-0.2, -0.15) is 4.98 Å². The van der Waals surface area contributed by atoms with Crippen LogP contribution in [0.15, 0.2) is 28.8 Å². The molecule has 3 rings (SSSR count). The van der Waals surface area contributed by atoms with Crippen molar-refractivity contribution in [1.29, 1.82) is 0 Å². The molecule has 20 heavy (non-hydrogen) atoms. The van der Waals surface area contributed by atoms with Gasteiger partial charge in [0.05, 0.1) is 6.61 Å². The molecule has 0 saturated carbocycles. The van der Waals surface area contributed by atoms with Crippen molar-refractivity contribution >= 4 is 5.91 Å². The zero-order valence-corrected chi connectivity index (χ0v) is 10.7. The molecule has 0 spiro atoms. The standard InChI is InChI=1S/C13H12FN3O3/c1-7(15-12(18)10-6-19-10)13-16-11(17-20-13)8-3-2-4-9(14)5-8/h2-5,7,10H,6H2,1H3,(H,15,18). The van der Waals surface area contributed by atoms with Crippen LogP contribution < -0.4 is 5.32 Å². The van der Waals surface area contributed by atoms with Gasteiger partial charge in [-0.1, -0.05) is 17.3 Å². The Morgan fingerprint density at radius 1 is 1.55 bits per heavy atom. The smallest absolute Gasteiger partial charge is 0.252 e. The molecule has 1 aliphatic heterocycles. The minimum absolute atomic E-state index is 0.206. The summed E-state index contributed by atoms with van der Waals surface area (Å²) in [6.45, 7) is 2.17. The molecule has 104 valence electrons. The number of carbonyl (C=O) groups excluding carboxylic acids is 1. The molecule has 1 saturated heterocycles. The highest BCUT2D eigenvalue weighted by molar-refractivity contribution is 5.83. The minimum atomic E-state index is -0.429. The Balaban J connectivity index is 1.74. The van der Waals surface area contributed by atoms with Crippen LogP contribution in [-0.2, 0) is 9.53 Å². The van der Waals surface area contributed by atoms with Crippen LogP contribution in [-0.4, -0.2) is 28.8 Å².